The lowest BCUT2D eigenvalue weighted by atomic mass is 10.2. The van der Waals surface area contributed by atoms with Gasteiger partial charge >= 0.3 is 0 Å². The molecule has 1 atom stereocenters. The highest BCUT2D eigenvalue weighted by atomic mass is 32.2. The average molecular weight is 248 g/mol. The summed E-state index contributed by atoms with van der Waals surface area (Å²) in [5.74, 6) is 0.533. The Balaban J connectivity index is 2.14. The summed E-state index contributed by atoms with van der Waals surface area (Å²) >= 11 is 1.88. The molecule has 0 radical (unpaired) electrons. The molecule has 0 aromatic carbocycles. The molecule has 1 N–H and O–H groups in total. The first-order valence-corrected chi connectivity index (χ1v) is 6.69. The third-order valence-corrected chi connectivity index (χ3v) is 4.11. The molecule has 0 fully saturated rings. The van der Waals surface area contributed by atoms with Gasteiger partial charge < -0.3 is 5.32 Å². The first-order chi connectivity index (χ1) is 8.19. The molecule has 1 aliphatic heterocycles. The Morgan fingerprint density at radius 3 is 3.06 bits per heavy atom. The van der Waals surface area contributed by atoms with E-state index in [0.29, 0.717) is 11.1 Å². The summed E-state index contributed by atoms with van der Waals surface area (Å²) < 4.78 is 0. The van der Waals surface area contributed by atoms with E-state index in [0.717, 1.165) is 12.1 Å². The Bertz CT molecular complexity index is 456. The molecule has 1 aliphatic rings. The van der Waals surface area contributed by atoms with E-state index < -0.39 is 0 Å². The zero-order valence-electron chi connectivity index (χ0n) is 10.1. The van der Waals surface area contributed by atoms with Gasteiger partial charge in [0, 0.05) is 17.1 Å². The van der Waals surface area contributed by atoms with Crippen molar-refractivity contribution in [3.63, 3.8) is 0 Å². The molecular weight excluding hydrogens is 232 g/mol. The van der Waals surface area contributed by atoms with Crippen molar-refractivity contribution in [2.45, 2.75) is 31.9 Å². The number of thioether (sulfide) groups is 1. The van der Waals surface area contributed by atoms with Crippen LogP contribution < -0.4 is 5.32 Å². The van der Waals surface area contributed by atoms with Gasteiger partial charge in [-0.25, -0.2) is 4.98 Å². The van der Waals surface area contributed by atoms with Crippen molar-refractivity contribution in [3.8, 4) is 0 Å². The molecule has 0 saturated heterocycles. The summed E-state index contributed by atoms with van der Waals surface area (Å²) in [4.78, 5) is 16.6. The summed E-state index contributed by atoms with van der Waals surface area (Å²) in [6, 6.07) is 5.72. The van der Waals surface area contributed by atoms with Crippen LogP contribution in [-0.2, 0) is 4.79 Å². The summed E-state index contributed by atoms with van der Waals surface area (Å²) in [7, 11) is 0. The van der Waals surface area contributed by atoms with Crippen LogP contribution in [0.15, 0.2) is 24.3 Å². The minimum absolute atomic E-state index is 0.0888. The van der Waals surface area contributed by atoms with E-state index in [1.807, 2.05) is 30.0 Å². The SMILES string of the molecule is CCC1CC=C(c2cccc(NC(C)=O)n2)S1. The number of amides is 1. The molecule has 4 heteroatoms. The molecule has 2 rings (SSSR count). The van der Waals surface area contributed by atoms with Crippen molar-refractivity contribution < 1.29 is 4.79 Å². The minimum Gasteiger partial charge on any atom is -0.311 e. The fourth-order valence-corrected chi connectivity index (χ4v) is 2.90. The van der Waals surface area contributed by atoms with Gasteiger partial charge in [0.1, 0.15) is 5.82 Å². The average Bonchev–Trinajstić information content (AvgIpc) is 2.77. The molecule has 0 aliphatic carbocycles. The van der Waals surface area contributed by atoms with Gasteiger partial charge in [-0.15, -0.1) is 11.8 Å². The minimum atomic E-state index is -0.0888. The van der Waals surface area contributed by atoms with Crippen molar-refractivity contribution in [2.24, 2.45) is 0 Å². The largest absolute Gasteiger partial charge is 0.311 e. The molecule has 1 unspecified atom stereocenters. The van der Waals surface area contributed by atoms with E-state index in [-0.39, 0.29) is 5.91 Å². The molecule has 1 amide bonds. The van der Waals surface area contributed by atoms with E-state index in [1.54, 1.807) is 0 Å². The lowest BCUT2D eigenvalue weighted by Gasteiger charge is -2.07. The Morgan fingerprint density at radius 1 is 1.59 bits per heavy atom. The van der Waals surface area contributed by atoms with Crippen LogP contribution in [0.1, 0.15) is 32.4 Å². The molecule has 90 valence electrons. The van der Waals surface area contributed by atoms with Gasteiger partial charge in [-0.1, -0.05) is 19.1 Å². The Labute approximate surface area is 106 Å². The van der Waals surface area contributed by atoms with Crippen LogP contribution in [0.25, 0.3) is 4.91 Å². The number of anilines is 1. The zero-order valence-corrected chi connectivity index (χ0v) is 10.9. The number of hydrogen-bond acceptors (Lipinski definition) is 3. The highest BCUT2D eigenvalue weighted by molar-refractivity contribution is 8.09. The number of aromatic nitrogens is 1. The number of hydrogen-bond donors (Lipinski definition) is 1. The predicted octanol–water partition coefficient (Wildman–Crippen LogP) is 3.30. The van der Waals surface area contributed by atoms with Gasteiger partial charge in [-0.2, -0.15) is 0 Å². The molecule has 0 saturated carbocycles. The molecule has 0 spiro atoms. The second kappa shape index (κ2) is 5.36. The summed E-state index contributed by atoms with van der Waals surface area (Å²) in [6.07, 6.45) is 4.53. The predicted molar refractivity (Wildman–Crippen MR) is 72.8 cm³/mol. The Hall–Kier alpha value is -1.29. The number of nitrogens with one attached hydrogen (secondary N) is 1. The monoisotopic (exact) mass is 248 g/mol. The van der Waals surface area contributed by atoms with E-state index in [1.165, 1.54) is 18.2 Å². The molecule has 0 bridgehead atoms. The van der Waals surface area contributed by atoms with Crippen LogP contribution in [0, 0.1) is 0 Å². The normalized spacial score (nSPS) is 18.9. The highest BCUT2D eigenvalue weighted by Gasteiger charge is 2.18. The number of allylic oxidation sites excluding steroid dienone is 1. The van der Waals surface area contributed by atoms with E-state index in [2.05, 4.69) is 23.3 Å². The Morgan fingerprint density at radius 2 is 2.41 bits per heavy atom. The first-order valence-electron chi connectivity index (χ1n) is 5.81. The van der Waals surface area contributed by atoms with Crippen molar-refractivity contribution in [2.75, 3.05) is 5.32 Å². The summed E-state index contributed by atoms with van der Waals surface area (Å²) in [5, 5.41) is 3.38. The molecule has 17 heavy (non-hydrogen) atoms. The topological polar surface area (TPSA) is 42.0 Å². The molecule has 2 heterocycles. The van der Waals surface area contributed by atoms with Crippen LogP contribution in [0.4, 0.5) is 5.82 Å². The maximum absolute atomic E-state index is 11.0. The van der Waals surface area contributed by atoms with Crippen molar-refractivity contribution >= 4 is 28.4 Å². The number of rotatable bonds is 3. The quantitative estimate of drug-likeness (QED) is 0.892. The lowest BCUT2D eigenvalue weighted by Crippen LogP contribution is -2.07. The van der Waals surface area contributed by atoms with Crippen molar-refractivity contribution in [1.29, 1.82) is 0 Å². The van der Waals surface area contributed by atoms with Gasteiger partial charge in [0.05, 0.1) is 5.69 Å². The smallest absolute Gasteiger partial charge is 0.222 e. The third-order valence-electron chi connectivity index (χ3n) is 2.62. The van der Waals surface area contributed by atoms with E-state index in [9.17, 15) is 4.79 Å². The van der Waals surface area contributed by atoms with Crippen LogP contribution >= 0.6 is 11.8 Å². The number of carbonyl (C=O) groups excluding carboxylic acids is 1. The van der Waals surface area contributed by atoms with Gasteiger partial charge in [0.2, 0.25) is 5.91 Å². The fourth-order valence-electron chi connectivity index (χ4n) is 1.75. The lowest BCUT2D eigenvalue weighted by molar-refractivity contribution is -0.114. The maximum atomic E-state index is 11.0. The standard InChI is InChI=1S/C13H16N2OS/c1-3-10-7-8-12(17-10)11-5-4-6-13(15-11)14-9(2)16/h4-6,8,10H,3,7H2,1-2H3,(H,14,15,16). The zero-order chi connectivity index (χ0) is 12.3. The number of carbonyl (C=O) groups is 1. The van der Waals surface area contributed by atoms with Crippen molar-refractivity contribution in [1.82, 2.24) is 4.98 Å². The maximum Gasteiger partial charge on any atom is 0.222 e. The van der Waals surface area contributed by atoms with Crippen LogP contribution in [0.5, 0.6) is 0 Å². The Kier molecular flexibility index (Phi) is 3.84. The van der Waals surface area contributed by atoms with Crippen LogP contribution in [0.3, 0.4) is 0 Å². The van der Waals surface area contributed by atoms with Gasteiger partial charge in [-0.3, -0.25) is 4.79 Å². The second-order valence-electron chi connectivity index (χ2n) is 4.04. The van der Waals surface area contributed by atoms with Gasteiger partial charge in [0.25, 0.3) is 0 Å². The molecule has 3 nitrogen and oxygen atoms in total. The molecule has 1 aromatic heterocycles. The van der Waals surface area contributed by atoms with Gasteiger partial charge in [-0.05, 0) is 25.0 Å². The van der Waals surface area contributed by atoms with Gasteiger partial charge in [0.15, 0.2) is 0 Å². The fraction of sp³-hybridized carbons (Fsp3) is 0.385. The highest BCUT2D eigenvalue weighted by Crippen LogP contribution is 2.39. The summed E-state index contributed by atoms with van der Waals surface area (Å²) in [6.45, 7) is 3.70. The first kappa shape index (κ1) is 12.2. The number of pyridine rings is 1. The van der Waals surface area contributed by atoms with Crippen molar-refractivity contribution in [3.05, 3.63) is 30.0 Å². The third kappa shape index (κ3) is 3.09. The van der Waals surface area contributed by atoms with E-state index in [4.69, 9.17) is 0 Å². The number of nitrogens with zero attached hydrogens (tertiary/aromatic N) is 1. The van der Waals surface area contributed by atoms with Crippen LogP contribution in [-0.4, -0.2) is 16.1 Å². The van der Waals surface area contributed by atoms with Crippen LogP contribution in [0.2, 0.25) is 0 Å². The second-order valence-corrected chi connectivity index (χ2v) is 5.38. The van der Waals surface area contributed by atoms with E-state index >= 15 is 0 Å². The molecular formula is C13H16N2OS. The molecule has 1 aromatic rings. The summed E-state index contributed by atoms with van der Waals surface area (Å²) in [5.41, 5.74) is 0.956.